The third kappa shape index (κ3) is 64.2. The van der Waals surface area contributed by atoms with Crippen molar-refractivity contribution in [2.75, 3.05) is 40.9 Å². The Hall–Kier alpha value is -3.36. The summed E-state index contributed by atoms with van der Waals surface area (Å²) in [6.07, 6.45) is 94.4. The zero-order valence-corrected chi connectivity index (χ0v) is 54.6. The zero-order valence-electron chi connectivity index (χ0n) is 53.7. The number of aliphatic hydroxyl groups excluding tert-OH is 1. The van der Waals surface area contributed by atoms with Gasteiger partial charge in [-0.05, 0) is 109 Å². The van der Waals surface area contributed by atoms with Gasteiger partial charge in [0.2, 0.25) is 5.91 Å². The second-order valence-electron chi connectivity index (χ2n) is 23.4. The number of rotatable bonds is 60. The van der Waals surface area contributed by atoms with Crippen molar-refractivity contribution in [2.24, 2.45) is 0 Å². The van der Waals surface area contributed by atoms with Crippen molar-refractivity contribution in [3.05, 3.63) is 134 Å². The van der Waals surface area contributed by atoms with Crippen LogP contribution in [0.5, 0.6) is 0 Å². The Labute approximate surface area is 506 Å². The van der Waals surface area contributed by atoms with E-state index in [2.05, 4.69) is 141 Å². The number of nitrogens with one attached hydrogen (secondary N) is 1. The topological polar surface area (TPSA) is 105 Å². The number of quaternary nitrogens is 1. The van der Waals surface area contributed by atoms with Gasteiger partial charge in [0.15, 0.2) is 0 Å². The van der Waals surface area contributed by atoms with E-state index in [0.29, 0.717) is 17.4 Å². The van der Waals surface area contributed by atoms with Gasteiger partial charge in [-0.3, -0.25) is 13.8 Å². The summed E-state index contributed by atoms with van der Waals surface area (Å²) in [5, 5.41) is 13.9. The molecule has 0 aromatic heterocycles. The third-order valence-corrected chi connectivity index (χ3v) is 15.3. The SMILES string of the molecule is CC/C=C\C/C=C\C/C=C\C/C=C\C/C=C\C/C=C\C/C=C\C/C=C\CCCCCCCCCCCCCCCCC(=O)NC(COP(=O)(O)OCC[N+](C)(C)C)C(O)/C=C/CC/C=C/CC/C=C/CCCCCCCCCCCCC. The molecule has 0 heterocycles. The molecule has 0 saturated heterocycles. The van der Waals surface area contributed by atoms with Crippen LogP contribution in [0.4, 0.5) is 0 Å². The quantitative estimate of drug-likeness (QED) is 0.0243. The van der Waals surface area contributed by atoms with Gasteiger partial charge in [0.1, 0.15) is 13.2 Å². The van der Waals surface area contributed by atoms with Gasteiger partial charge in [0.05, 0.1) is 39.9 Å². The Balaban J connectivity index is 4.13. The van der Waals surface area contributed by atoms with Gasteiger partial charge in [-0.25, -0.2) is 4.57 Å². The summed E-state index contributed by atoms with van der Waals surface area (Å²) in [4.78, 5) is 23.4. The van der Waals surface area contributed by atoms with Crippen LogP contribution in [-0.4, -0.2) is 73.4 Å². The van der Waals surface area contributed by atoms with E-state index in [1.165, 1.54) is 154 Å². The second kappa shape index (κ2) is 62.2. The Bertz CT molecular complexity index is 1800. The highest BCUT2D eigenvalue weighted by molar-refractivity contribution is 7.47. The molecule has 470 valence electrons. The van der Waals surface area contributed by atoms with Crippen molar-refractivity contribution < 1.29 is 32.9 Å². The largest absolute Gasteiger partial charge is 0.472 e. The van der Waals surface area contributed by atoms with Gasteiger partial charge in [-0.15, -0.1) is 0 Å². The highest BCUT2D eigenvalue weighted by Gasteiger charge is 2.27. The molecule has 82 heavy (non-hydrogen) atoms. The van der Waals surface area contributed by atoms with E-state index >= 15 is 0 Å². The minimum absolute atomic E-state index is 0.0484. The van der Waals surface area contributed by atoms with Gasteiger partial charge >= 0.3 is 7.82 Å². The lowest BCUT2D eigenvalue weighted by atomic mass is 10.0. The Morgan fingerprint density at radius 2 is 0.744 bits per heavy atom. The molecule has 0 aliphatic rings. The number of allylic oxidation sites excluding steroid dienone is 21. The van der Waals surface area contributed by atoms with Crippen molar-refractivity contribution in [1.82, 2.24) is 5.32 Å². The van der Waals surface area contributed by atoms with Gasteiger partial charge in [-0.1, -0.05) is 289 Å². The fourth-order valence-electron chi connectivity index (χ4n) is 9.15. The van der Waals surface area contributed by atoms with Crippen molar-refractivity contribution in [2.45, 2.75) is 283 Å². The second-order valence-corrected chi connectivity index (χ2v) is 24.9. The molecule has 0 rings (SSSR count). The minimum atomic E-state index is -4.37. The molecule has 1 amide bonds. The van der Waals surface area contributed by atoms with Crippen LogP contribution in [0.2, 0.25) is 0 Å². The maximum absolute atomic E-state index is 13.0. The molecular formula is C73H128N2O6P+. The normalized spacial score (nSPS) is 14.6. The summed E-state index contributed by atoms with van der Waals surface area (Å²) >= 11 is 0. The summed E-state index contributed by atoms with van der Waals surface area (Å²) in [7, 11) is 1.54. The smallest absolute Gasteiger partial charge is 0.387 e. The molecule has 0 radical (unpaired) electrons. The predicted molar refractivity (Wildman–Crippen MR) is 359 cm³/mol. The van der Waals surface area contributed by atoms with Crippen LogP contribution in [0.1, 0.15) is 271 Å². The number of unbranched alkanes of at least 4 members (excludes halogenated alkanes) is 27. The van der Waals surface area contributed by atoms with Gasteiger partial charge in [0, 0.05) is 6.42 Å². The van der Waals surface area contributed by atoms with Crippen molar-refractivity contribution in [1.29, 1.82) is 0 Å². The summed E-state index contributed by atoms with van der Waals surface area (Å²) in [6, 6.07) is -0.879. The van der Waals surface area contributed by atoms with Crippen LogP contribution in [0.3, 0.4) is 0 Å². The molecule has 3 unspecified atom stereocenters. The van der Waals surface area contributed by atoms with E-state index in [-0.39, 0.29) is 19.1 Å². The van der Waals surface area contributed by atoms with Crippen molar-refractivity contribution in [3.8, 4) is 0 Å². The predicted octanol–water partition coefficient (Wildman–Crippen LogP) is 21.4. The molecular weight excluding hydrogens is 1030 g/mol. The van der Waals surface area contributed by atoms with E-state index in [4.69, 9.17) is 9.05 Å². The van der Waals surface area contributed by atoms with Crippen LogP contribution in [0.25, 0.3) is 0 Å². The molecule has 0 fully saturated rings. The van der Waals surface area contributed by atoms with Gasteiger partial charge in [-0.2, -0.15) is 0 Å². The molecule has 0 aliphatic carbocycles. The summed E-state index contributed by atoms with van der Waals surface area (Å²) in [6.45, 7) is 4.68. The third-order valence-electron chi connectivity index (χ3n) is 14.3. The number of nitrogens with zero attached hydrogens (tertiary/aromatic N) is 1. The van der Waals surface area contributed by atoms with Crippen LogP contribution >= 0.6 is 7.82 Å². The van der Waals surface area contributed by atoms with Crippen molar-refractivity contribution >= 4 is 13.7 Å². The average Bonchev–Trinajstić information content (AvgIpc) is 3.46. The zero-order chi connectivity index (χ0) is 59.8. The van der Waals surface area contributed by atoms with E-state index in [1.807, 2.05) is 27.2 Å². The van der Waals surface area contributed by atoms with Crippen LogP contribution in [-0.2, 0) is 18.4 Å². The first-order valence-corrected chi connectivity index (χ1v) is 35.1. The molecule has 0 bridgehead atoms. The van der Waals surface area contributed by atoms with Crippen molar-refractivity contribution in [3.63, 3.8) is 0 Å². The van der Waals surface area contributed by atoms with E-state index in [9.17, 15) is 19.4 Å². The maximum Gasteiger partial charge on any atom is 0.472 e. The fourth-order valence-corrected chi connectivity index (χ4v) is 9.89. The lowest BCUT2D eigenvalue weighted by Gasteiger charge is -2.25. The van der Waals surface area contributed by atoms with Crippen LogP contribution in [0, 0.1) is 0 Å². The monoisotopic (exact) mass is 1160 g/mol. The number of carbonyl (C=O) groups is 1. The molecule has 0 aromatic rings. The molecule has 3 atom stereocenters. The van der Waals surface area contributed by atoms with Crippen LogP contribution < -0.4 is 5.32 Å². The first kappa shape index (κ1) is 78.6. The Kier molecular flexibility index (Phi) is 59.6. The average molecular weight is 1160 g/mol. The number of amides is 1. The number of phosphoric acid groups is 1. The number of likely N-dealkylation sites (N-methyl/N-ethyl adjacent to an activating group) is 1. The highest BCUT2D eigenvalue weighted by Crippen LogP contribution is 2.43. The Morgan fingerprint density at radius 3 is 1.12 bits per heavy atom. The summed E-state index contributed by atoms with van der Waals surface area (Å²) in [5.74, 6) is -0.195. The first-order chi connectivity index (χ1) is 40.0. The standard InChI is InChI=1S/C73H127N2O6P/c1-6-8-10-12-14-16-18-20-22-24-26-28-29-30-31-32-33-34-35-36-37-38-39-40-41-42-43-44-45-47-49-51-53-55-57-59-61-63-65-67-73(77)74-71(70-81-82(78,79)80-69-68-75(3,4)5)72(76)66-64-62-60-58-56-54-52-50-48-46-27-25-23-21-19-17-15-13-11-9-7-2/h8,10,14,16,20,22,26,28,30-31,33-34,36-37,39-40,48,50,56,58,64,66,71-72,76H,6-7,9,11-13,15,17-19,21,23-25,27,29,32,35,38,41-47,49,51-55,57,59-63,65,67-70H2,1-5H3,(H-,74,77,78,79)/p+1/b10-8-,16-14-,22-20-,28-26-,31-30-,34-33-,37-36-,40-39-,50-48+,58-56+,66-64+. The number of aliphatic hydroxyl groups is 1. The number of hydrogen-bond donors (Lipinski definition) is 3. The lowest BCUT2D eigenvalue weighted by molar-refractivity contribution is -0.870. The molecule has 0 saturated carbocycles. The van der Waals surface area contributed by atoms with Crippen LogP contribution in [0.15, 0.2) is 134 Å². The number of phosphoric ester groups is 1. The minimum Gasteiger partial charge on any atom is -0.387 e. The number of carbonyl (C=O) groups excluding carboxylic acids is 1. The summed E-state index contributed by atoms with van der Waals surface area (Å²) in [5.41, 5.74) is 0. The number of hydrogen-bond acceptors (Lipinski definition) is 5. The molecule has 0 aromatic carbocycles. The first-order valence-electron chi connectivity index (χ1n) is 33.6. The fraction of sp³-hybridized carbons (Fsp3) is 0.685. The molecule has 9 heteroatoms. The molecule has 0 spiro atoms. The Morgan fingerprint density at radius 1 is 0.427 bits per heavy atom. The lowest BCUT2D eigenvalue weighted by Crippen LogP contribution is -2.45. The van der Waals surface area contributed by atoms with Gasteiger partial charge < -0.3 is 19.8 Å². The molecule has 0 aliphatic heterocycles. The van der Waals surface area contributed by atoms with Gasteiger partial charge in [0.25, 0.3) is 0 Å². The summed E-state index contributed by atoms with van der Waals surface area (Å²) < 4.78 is 23.7. The van der Waals surface area contributed by atoms with E-state index in [0.717, 1.165) is 96.3 Å². The molecule has 8 nitrogen and oxygen atoms in total. The maximum atomic E-state index is 13.0. The molecule has 3 N–H and O–H groups in total. The van der Waals surface area contributed by atoms with E-state index in [1.54, 1.807) is 6.08 Å². The van der Waals surface area contributed by atoms with E-state index < -0.39 is 20.0 Å². The highest BCUT2D eigenvalue weighted by atomic mass is 31.2.